The summed E-state index contributed by atoms with van der Waals surface area (Å²) >= 11 is 0. The summed E-state index contributed by atoms with van der Waals surface area (Å²) in [6.07, 6.45) is 0.752. The second kappa shape index (κ2) is 9.46. The lowest BCUT2D eigenvalue weighted by atomic mass is 10.1. The van der Waals surface area contributed by atoms with E-state index < -0.39 is 11.2 Å². The molecule has 0 spiro atoms. The molecule has 5 aromatic rings. The minimum absolute atomic E-state index is 0.268. The van der Waals surface area contributed by atoms with E-state index in [1.807, 2.05) is 50.2 Å². The molecule has 1 N–H and O–H groups in total. The van der Waals surface area contributed by atoms with Crippen LogP contribution in [0.5, 0.6) is 5.75 Å². The molecular formula is C29H28N4O4. The standard InChI is InChI=1S/C29H28N4O4/c1-5-19-10-6-7-12-23(19)30-25(34)17-32-26-22-16-21(37-4)13-14-24(22)31(3)27(26)28(35)33(29(32)36)20-11-8-9-18(2)15-20/h6-16H,5,17H2,1-4H3,(H,30,34). The molecular weight excluding hydrogens is 468 g/mol. The molecule has 0 unspecified atom stereocenters. The van der Waals surface area contributed by atoms with Crippen LogP contribution in [-0.4, -0.2) is 26.7 Å². The summed E-state index contributed by atoms with van der Waals surface area (Å²) in [7, 11) is 3.34. The Labute approximate surface area is 213 Å². The number of nitrogens with one attached hydrogen (secondary N) is 1. The first-order valence-corrected chi connectivity index (χ1v) is 12.1. The van der Waals surface area contributed by atoms with Gasteiger partial charge in [0.25, 0.3) is 5.56 Å². The third kappa shape index (κ3) is 4.10. The molecule has 8 nitrogen and oxygen atoms in total. The molecule has 0 aliphatic heterocycles. The van der Waals surface area contributed by atoms with Gasteiger partial charge in [-0.2, -0.15) is 0 Å². The van der Waals surface area contributed by atoms with Gasteiger partial charge in [0.05, 0.1) is 23.8 Å². The van der Waals surface area contributed by atoms with Crippen molar-refractivity contribution < 1.29 is 9.53 Å². The SMILES string of the molecule is CCc1ccccc1NC(=O)Cn1c(=O)n(-c2cccc(C)c2)c(=O)c2c1c1cc(OC)ccc1n2C. The fraction of sp³-hybridized carbons (Fsp3) is 0.207. The van der Waals surface area contributed by atoms with Crippen LogP contribution in [0.2, 0.25) is 0 Å². The molecule has 0 atom stereocenters. The van der Waals surface area contributed by atoms with E-state index >= 15 is 0 Å². The van der Waals surface area contributed by atoms with Crippen molar-refractivity contribution in [1.82, 2.24) is 13.7 Å². The predicted octanol–water partition coefficient (Wildman–Crippen LogP) is 4.16. The van der Waals surface area contributed by atoms with Crippen molar-refractivity contribution in [3.63, 3.8) is 0 Å². The van der Waals surface area contributed by atoms with E-state index in [1.54, 1.807) is 49.1 Å². The highest BCUT2D eigenvalue weighted by Gasteiger charge is 2.23. The first-order valence-electron chi connectivity index (χ1n) is 12.1. The number of anilines is 1. The molecule has 0 aliphatic rings. The Bertz CT molecular complexity index is 1790. The van der Waals surface area contributed by atoms with E-state index in [-0.39, 0.29) is 12.5 Å². The van der Waals surface area contributed by atoms with Gasteiger partial charge in [0, 0.05) is 18.1 Å². The molecule has 0 fully saturated rings. The Morgan fingerprint density at radius 3 is 2.49 bits per heavy atom. The maximum atomic E-state index is 13.9. The van der Waals surface area contributed by atoms with Crippen molar-refractivity contribution in [2.24, 2.45) is 7.05 Å². The van der Waals surface area contributed by atoms with Gasteiger partial charge >= 0.3 is 5.69 Å². The number of rotatable bonds is 6. The summed E-state index contributed by atoms with van der Waals surface area (Å²) in [6, 6.07) is 20.2. The summed E-state index contributed by atoms with van der Waals surface area (Å²) in [4.78, 5) is 41.1. The molecule has 0 aliphatic carbocycles. The molecule has 0 bridgehead atoms. The van der Waals surface area contributed by atoms with E-state index in [0.29, 0.717) is 33.5 Å². The lowest BCUT2D eigenvalue weighted by Crippen LogP contribution is -2.41. The number of amides is 1. The average molecular weight is 497 g/mol. The number of para-hydroxylation sites is 1. The molecule has 188 valence electrons. The smallest absolute Gasteiger partial charge is 0.336 e. The highest BCUT2D eigenvalue weighted by Crippen LogP contribution is 2.29. The Hall–Kier alpha value is -4.59. The second-order valence-corrected chi connectivity index (χ2v) is 9.05. The number of benzene rings is 3. The zero-order chi connectivity index (χ0) is 26.3. The van der Waals surface area contributed by atoms with Gasteiger partial charge in [0.1, 0.15) is 17.8 Å². The Balaban J connectivity index is 1.78. The maximum absolute atomic E-state index is 13.9. The van der Waals surface area contributed by atoms with Crippen LogP contribution in [0.25, 0.3) is 27.6 Å². The molecule has 37 heavy (non-hydrogen) atoms. The van der Waals surface area contributed by atoms with E-state index in [1.165, 1.54) is 4.57 Å². The van der Waals surface area contributed by atoms with Crippen LogP contribution in [-0.2, 0) is 24.8 Å². The third-order valence-electron chi connectivity index (χ3n) is 6.71. The summed E-state index contributed by atoms with van der Waals surface area (Å²) < 4.78 is 9.69. The largest absolute Gasteiger partial charge is 0.497 e. The van der Waals surface area contributed by atoms with Crippen LogP contribution in [0.1, 0.15) is 18.1 Å². The highest BCUT2D eigenvalue weighted by molar-refractivity contribution is 6.07. The second-order valence-electron chi connectivity index (χ2n) is 9.05. The predicted molar refractivity (Wildman–Crippen MR) is 146 cm³/mol. The molecule has 2 heterocycles. The van der Waals surface area contributed by atoms with E-state index in [2.05, 4.69) is 5.32 Å². The van der Waals surface area contributed by atoms with Crippen LogP contribution in [0, 0.1) is 6.92 Å². The van der Waals surface area contributed by atoms with Crippen molar-refractivity contribution in [1.29, 1.82) is 0 Å². The molecule has 1 amide bonds. The molecule has 8 heteroatoms. The number of aryl methyl sites for hydroxylation is 3. The third-order valence-corrected chi connectivity index (χ3v) is 6.71. The van der Waals surface area contributed by atoms with E-state index in [0.717, 1.165) is 27.6 Å². The number of carbonyl (C=O) groups is 1. The monoisotopic (exact) mass is 496 g/mol. The van der Waals surface area contributed by atoms with Crippen LogP contribution in [0.15, 0.2) is 76.3 Å². The zero-order valence-corrected chi connectivity index (χ0v) is 21.2. The number of methoxy groups -OCH3 is 1. The van der Waals surface area contributed by atoms with Gasteiger partial charge in [-0.3, -0.25) is 14.2 Å². The van der Waals surface area contributed by atoms with Gasteiger partial charge in [-0.1, -0.05) is 37.3 Å². The topological polar surface area (TPSA) is 87.3 Å². The molecule has 0 saturated carbocycles. The summed E-state index contributed by atoms with van der Waals surface area (Å²) in [6.45, 7) is 3.64. The first kappa shape index (κ1) is 24.1. The first-order chi connectivity index (χ1) is 17.8. The minimum Gasteiger partial charge on any atom is -0.497 e. The summed E-state index contributed by atoms with van der Waals surface area (Å²) in [5, 5.41) is 3.60. The number of hydrogen-bond donors (Lipinski definition) is 1. The van der Waals surface area contributed by atoms with Gasteiger partial charge in [0.2, 0.25) is 5.91 Å². The van der Waals surface area contributed by atoms with Gasteiger partial charge in [-0.25, -0.2) is 9.36 Å². The zero-order valence-electron chi connectivity index (χ0n) is 21.2. The van der Waals surface area contributed by atoms with Gasteiger partial charge in [0.15, 0.2) is 0 Å². The Morgan fingerprint density at radius 2 is 1.76 bits per heavy atom. The van der Waals surface area contributed by atoms with Crippen LogP contribution in [0.4, 0.5) is 5.69 Å². The van der Waals surface area contributed by atoms with Gasteiger partial charge < -0.3 is 14.6 Å². The lowest BCUT2D eigenvalue weighted by molar-refractivity contribution is -0.116. The minimum atomic E-state index is -0.586. The average Bonchev–Trinajstić information content (AvgIpc) is 3.18. The number of ether oxygens (including phenoxy) is 1. The number of carbonyl (C=O) groups excluding carboxylic acids is 1. The molecule has 3 aromatic carbocycles. The lowest BCUT2D eigenvalue weighted by Gasteiger charge is -2.15. The molecule has 0 radical (unpaired) electrons. The van der Waals surface area contributed by atoms with E-state index in [4.69, 9.17) is 4.74 Å². The fourth-order valence-electron chi connectivity index (χ4n) is 4.88. The van der Waals surface area contributed by atoms with Crippen LogP contribution in [0.3, 0.4) is 0 Å². The van der Waals surface area contributed by atoms with Gasteiger partial charge in [-0.05, 0) is 60.9 Å². The fourth-order valence-corrected chi connectivity index (χ4v) is 4.88. The normalized spacial score (nSPS) is 11.2. The quantitative estimate of drug-likeness (QED) is 0.382. The molecule has 2 aromatic heterocycles. The number of aromatic nitrogens is 3. The van der Waals surface area contributed by atoms with E-state index in [9.17, 15) is 14.4 Å². The van der Waals surface area contributed by atoms with Crippen molar-refractivity contribution in [3.8, 4) is 11.4 Å². The summed E-state index contributed by atoms with van der Waals surface area (Å²) in [5.74, 6) is 0.224. The maximum Gasteiger partial charge on any atom is 0.336 e. The van der Waals surface area contributed by atoms with Crippen LogP contribution < -0.4 is 21.3 Å². The number of nitrogens with zero attached hydrogens (tertiary/aromatic N) is 3. The van der Waals surface area contributed by atoms with Crippen molar-refractivity contribution in [2.45, 2.75) is 26.8 Å². The number of hydrogen-bond acceptors (Lipinski definition) is 4. The summed E-state index contributed by atoms with van der Waals surface area (Å²) in [5.41, 5.74) is 3.49. The Kier molecular flexibility index (Phi) is 6.17. The van der Waals surface area contributed by atoms with Crippen molar-refractivity contribution >= 4 is 33.5 Å². The van der Waals surface area contributed by atoms with Crippen molar-refractivity contribution in [3.05, 3.63) is 98.7 Å². The van der Waals surface area contributed by atoms with Gasteiger partial charge in [-0.15, -0.1) is 0 Å². The number of fused-ring (bicyclic) bond motifs is 3. The van der Waals surface area contributed by atoms with Crippen molar-refractivity contribution in [2.75, 3.05) is 12.4 Å². The van der Waals surface area contributed by atoms with Crippen LogP contribution >= 0.6 is 0 Å². The Morgan fingerprint density at radius 1 is 0.973 bits per heavy atom. The molecule has 0 saturated heterocycles. The highest BCUT2D eigenvalue weighted by atomic mass is 16.5. The molecule has 5 rings (SSSR count).